The van der Waals surface area contributed by atoms with Crippen LogP contribution in [0.1, 0.15) is 12.8 Å². The molecular formula is C14H15Cl2N5O2. The summed E-state index contributed by atoms with van der Waals surface area (Å²) in [5, 5.41) is 15.6. The predicted octanol–water partition coefficient (Wildman–Crippen LogP) is 3.41. The number of benzene rings is 1. The number of non-ortho nitro benzene ring substituents is 1. The fourth-order valence-electron chi connectivity index (χ4n) is 2.97. The van der Waals surface area contributed by atoms with Crippen LogP contribution in [0.2, 0.25) is 10.0 Å². The molecule has 0 amide bonds. The topological polar surface area (TPSA) is 77.1 Å². The molecule has 1 unspecified atom stereocenters. The Morgan fingerprint density at radius 3 is 2.70 bits per heavy atom. The molecule has 0 saturated carbocycles. The fraction of sp³-hybridized carbons (Fsp3) is 0.429. The van der Waals surface area contributed by atoms with Gasteiger partial charge in [-0.25, -0.2) is 4.98 Å². The summed E-state index contributed by atoms with van der Waals surface area (Å²) >= 11 is 12.5. The van der Waals surface area contributed by atoms with Crippen molar-refractivity contribution >= 4 is 34.6 Å². The van der Waals surface area contributed by atoms with Gasteiger partial charge in [0.05, 0.1) is 20.7 Å². The smallest absolute Gasteiger partial charge is 0.272 e. The zero-order valence-electron chi connectivity index (χ0n) is 12.2. The van der Waals surface area contributed by atoms with Crippen LogP contribution >= 0.6 is 23.2 Å². The number of nitrogens with zero attached hydrogens (tertiary/aromatic N) is 5. The van der Waals surface area contributed by atoms with Crippen molar-refractivity contribution in [3.05, 3.63) is 44.9 Å². The fourth-order valence-corrected chi connectivity index (χ4v) is 3.68. The Bertz CT molecular complexity index is 684. The number of anilines is 1. The van der Waals surface area contributed by atoms with Gasteiger partial charge in [0, 0.05) is 31.8 Å². The molecular weight excluding hydrogens is 341 g/mol. The van der Waals surface area contributed by atoms with Gasteiger partial charge in [0.15, 0.2) is 0 Å². The SMILES string of the molecule is O=[N+]([O-])c1cc(Cl)c(N2CCCC(Cn3cncn3)C2)c(Cl)c1. The van der Waals surface area contributed by atoms with Crippen LogP contribution < -0.4 is 4.90 Å². The molecule has 0 spiro atoms. The van der Waals surface area contributed by atoms with Crippen LogP contribution in [0.15, 0.2) is 24.8 Å². The van der Waals surface area contributed by atoms with Gasteiger partial charge >= 0.3 is 0 Å². The summed E-state index contributed by atoms with van der Waals surface area (Å²) in [5.41, 5.74) is 0.571. The van der Waals surface area contributed by atoms with E-state index >= 15 is 0 Å². The van der Waals surface area contributed by atoms with Crippen LogP contribution in [0.5, 0.6) is 0 Å². The monoisotopic (exact) mass is 355 g/mol. The maximum absolute atomic E-state index is 10.9. The van der Waals surface area contributed by atoms with Crippen molar-refractivity contribution in [3.8, 4) is 0 Å². The van der Waals surface area contributed by atoms with E-state index in [9.17, 15) is 10.1 Å². The molecule has 1 atom stereocenters. The number of aromatic nitrogens is 3. The number of hydrogen-bond donors (Lipinski definition) is 0. The third-order valence-electron chi connectivity index (χ3n) is 3.96. The van der Waals surface area contributed by atoms with Crippen molar-refractivity contribution in [1.82, 2.24) is 14.8 Å². The zero-order valence-corrected chi connectivity index (χ0v) is 13.7. The molecule has 1 fully saturated rings. The van der Waals surface area contributed by atoms with Gasteiger partial charge in [-0.1, -0.05) is 23.2 Å². The van der Waals surface area contributed by atoms with Crippen molar-refractivity contribution in [2.75, 3.05) is 18.0 Å². The van der Waals surface area contributed by atoms with Crippen molar-refractivity contribution in [2.24, 2.45) is 5.92 Å². The summed E-state index contributed by atoms with van der Waals surface area (Å²) < 4.78 is 1.81. The highest BCUT2D eigenvalue weighted by molar-refractivity contribution is 6.39. The average molecular weight is 356 g/mol. The standard InChI is InChI=1S/C14H15Cl2N5O2/c15-12-4-11(21(22)23)5-13(16)14(12)19-3-1-2-10(6-19)7-20-9-17-8-18-20/h4-5,8-10H,1-3,6-7H2. The second-order valence-electron chi connectivity index (χ2n) is 5.59. The van der Waals surface area contributed by atoms with Crippen molar-refractivity contribution in [2.45, 2.75) is 19.4 Å². The normalized spacial score (nSPS) is 18.2. The molecule has 0 bridgehead atoms. The van der Waals surface area contributed by atoms with Gasteiger partial charge < -0.3 is 4.90 Å². The Labute approximate surface area is 143 Å². The average Bonchev–Trinajstić information content (AvgIpc) is 2.99. The van der Waals surface area contributed by atoms with E-state index in [4.69, 9.17) is 23.2 Å². The van der Waals surface area contributed by atoms with Gasteiger partial charge in [-0.3, -0.25) is 14.8 Å². The minimum atomic E-state index is -0.495. The summed E-state index contributed by atoms with van der Waals surface area (Å²) in [6, 6.07) is 2.70. The van der Waals surface area contributed by atoms with E-state index in [1.165, 1.54) is 18.5 Å². The van der Waals surface area contributed by atoms with Crippen LogP contribution in [-0.4, -0.2) is 32.8 Å². The van der Waals surface area contributed by atoms with Crippen molar-refractivity contribution in [1.29, 1.82) is 0 Å². The maximum Gasteiger partial charge on any atom is 0.272 e. The number of nitro groups is 1. The molecule has 7 nitrogen and oxygen atoms in total. The first-order valence-corrected chi connectivity index (χ1v) is 8.01. The van der Waals surface area contributed by atoms with E-state index in [-0.39, 0.29) is 5.69 Å². The Morgan fingerprint density at radius 1 is 1.35 bits per heavy atom. The number of nitro benzene ring substituents is 1. The molecule has 3 rings (SSSR count). The van der Waals surface area contributed by atoms with Gasteiger partial charge in [0.2, 0.25) is 0 Å². The van der Waals surface area contributed by atoms with Gasteiger partial charge in [-0.2, -0.15) is 5.10 Å². The summed E-state index contributed by atoms with van der Waals surface area (Å²) in [6.07, 6.45) is 5.30. The van der Waals surface area contributed by atoms with E-state index in [2.05, 4.69) is 15.0 Å². The van der Waals surface area contributed by atoms with Crippen LogP contribution in [0.25, 0.3) is 0 Å². The summed E-state index contributed by atoms with van der Waals surface area (Å²) in [6.45, 7) is 2.38. The van der Waals surface area contributed by atoms with E-state index < -0.39 is 4.92 Å². The van der Waals surface area contributed by atoms with Gasteiger partial charge in [-0.05, 0) is 18.8 Å². The number of piperidine rings is 1. The number of hydrogen-bond acceptors (Lipinski definition) is 5. The van der Waals surface area contributed by atoms with Gasteiger partial charge in [-0.15, -0.1) is 0 Å². The summed E-state index contributed by atoms with van der Waals surface area (Å²) in [4.78, 5) is 16.4. The molecule has 1 aliphatic heterocycles. The second-order valence-corrected chi connectivity index (χ2v) is 6.40. The van der Waals surface area contributed by atoms with Gasteiger partial charge in [0.25, 0.3) is 5.69 Å². The molecule has 1 saturated heterocycles. The van der Waals surface area contributed by atoms with E-state index in [1.54, 1.807) is 6.33 Å². The molecule has 0 N–H and O–H groups in total. The molecule has 0 radical (unpaired) electrons. The molecule has 23 heavy (non-hydrogen) atoms. The predicted molar refractivity (Wildman–Crippen MR) is 88.1 cm³/mol. The van der Waals surface area contributed by atoms with Crippen LogP contribution in [0, 0.1) is 16.0 Å². The Kier molecular flexibility index (Phi) is 4.68. The number of halogens is 2. The van der Waals surface area contributed by atoms with Crippen LogP contribution in [-0.2, 0) is 6.54 Å². The van der Waals surface area contributed by atoms with Gasteiger partial charge in [0.1, 0.15) is 12.7 Å². The third kappa shape index (κ3) is 3.56. The molecule has 9 heteroatoms. The molecule has 1 aromatic heterocycles. The minimum Gasteiger partial charge on any atom is -0.369 e. The third-order valence-corrected chi connectivity index (χ3v) is 4.54. The lowest BCUT2D eigenvalue weighted by Crippen LogP contribution is -2.37. The molecule has 0 aliphatic carbocycles. The molecule has 122 valence electrons. The Balaban J connectivity index is 1.79. The summed E-state index contributed by atoms with van der Waals surface area (Å²) in [7, 11) is 0. The molecule has 2 aromatic rings. The maximum atomic E-state index is 10.9. The van der Waals surface area contributed by atoms with Crippen LogP contribution in [0.3, 0.4) is 0 Å². The summed E-state index contributed by atoms with van der Waals surface area (Å²) in [5.74, 6) is 0.396. The Morgan fingerprint density at radius 2 is 2.09 bits per heavy atom. The van der Waals surface area contributed by atoms with E-state index in [1.807, 2.05) is 4.68 Å². The largest absolute Gasteiger partial charge is 0.369 e. The van der Waals surface area contributed by atoms with E-state index in [0.29, 0.717) is 21.7 Å². The van der Waals surface area contributed by atoms with E-state index in [0.717, 1.165) is 32.5 Å². The first kappa shape index (κ1) is 16.0. The van der Waals surface area contributed by atoms with Crippen LogP contribution in [0.4, 0.5) is 11.4 Å². The highest BCUT2D eigenvalue weighted by Gasteiger charge is 2.25. The lowest BCUT2D eigenvalue weighted by Gasteiger charge is -2.35. The molecule has 2 heterocycles. The quantitative estimate of drug-likeness (QED) is 0.620. The lowest BCUT2D eigenvalue weighted by molar-refractivity contribution is -0.384. The van der Waals surface area contributed by atoms with Crippen molar-refractivity contribution < 1.29 is 4.92 Å². The first-order chi connectivity index (χ1) is 11.0. The van der Waals surface area contributed by atoms with Crippen molar-refractivity contribution in [3.63, 3.8) is 0 Å². The number of rotatable bonds is 4. The zero-order chi connectivity index (χ0) is 16.4. The minimum absolute atomic E-state index is 0.0973. The Hall–Kier alpha value is -1.86. The molecule has 1 aromatic carbocycles. The molecule has 1 aliphatic rings. The highest BCUT2D eigenvalue weighted by Crippen LogP contribution is 2.39. The lowest BCUT2D eigenvalue weighted by atomic mass is 9.97. The first-order valence-electron chi connectivity index (χ1n) is 7.25. The second kappa shape index (κ2) is 6.72. The highest BCUT2D eigenvalue weighted by atomic mass is 35.5.